The van der Waals surface area contributed by atoms with E-state index in [1.807, 2.05) is 13.8 Å². The molecule has 2 aliphatic rings. The van der Waals surface area contributed by atoms with Crippen molar-refractivity contribution in [2.24, 2.45) is 11.3 Å². The molecule has 4 atom stereocenters. The highest BCUT2D eigenvalue weighted by atomic mass is 35.5. The number of amides is 1. The van der Waals surface area contributed by atoms with Crippen LogP contribution in [0.3, 0.4) is 0 Å². The van der Waals surface area contributed by atoms with Gasteiger partial charge in [-0.05, 0) is 90.2 Å². The molecule has 0 bridgehead atoms. The third-order valence-corrected chi connectivity index (χ3v) is 8.20. The van der Waals surface area contributed by atoms with Crippen LogP contribution in [0.1, 0.15) is 104 Å². The zero-order valence-electron chi connectivity index (χ0n) is 25.8. The summed E-state index contributed by atoms with van der Waals surface area (Å²) in [6.07, 6.45) is 1.81. The fourth-order valence-electron chi connectivity index (χ4n) is 6.01. The van der Waals surface area contributed by atoms with Crippen molar-refractivity contribution in [3.8, 4) is 0 Å². The van der Waals surface area contributed by atoms with Gasteiger partial charge in [-0.1, -0.05) is 38.1 Å². The predicted octanol–water partition coefficient (Wildman–Crippen LogP) is 7.31. The smallest absolute Gasteiger partial charge is 0.411 e. The first-order valence-corrected chi connectivity index (χ1v) is 14.3. The molecular weight excluding hydrogens is 564 g/mol. The number of nitrogen functional groups attached to an aromatic ring is 2. The summed E-state index contributed by atoms with van der Waals surface area (Å²) in [6.45, 7) is 13.6. The van der Waals surface area contributed by atoms with E-state index in [1.165, 1.54) is 23.1 Å². The summed E-state index contributed by atoms with van der Waals surface area (Å²) >= 11 is 0. The van der Waals surface area contributed by atoms with E-state index in [4.69, 9.17) is 16.2 Å². The van der Waals surface area contributed by atoms with Crippen molar-refractivity contribution in [2.45, 2.75) is 110 Å². The second kappa shape index (κ2) is 13.3. The van der Waals surface area contributed by atoms with Gasteiger partial charge in [0.25, 0.3) is 0 Å². The largest absolute Gasteiger partial charge is 0.444 e. The first-order chi connectivity index (χ1) is 18.8. The average Bonchev–Trinajstić information content (AvgIpc) is 3.39. The molecule has 4 rings (SSSR count). The van der Waals surface area contributed by atoms with E-state index in [1.54, 1.807) is 39.0 Å². The number of nitrogens with zero attached hydrogens (tertiary/aromatic N) is 1. The van der Waals surface area contributed by atoms with Gasteiger partial charge in [0.2, 0.25) is 0 Å². The van der Waals surface area contributed by atoms with Gasteiger partial charge < -0.3 is 26.4 Å². The Balaban J connectivity index is 0.000000302. The van der Waals surface area contributed by atoms with Gasteiger partial charge in [0, 0.05) is 16.7 Å². The Bertz CT molecular complexity index is 1230. The Morgan fingerprint density at radius 3 is 1.88 bits per heavy atom. The van der Waals surface area contributed by atoms with Crippen LogP contribution < -0.4 is 11.5 Å². The molecule has 6 N–H and O–H groups in total. The van der Waals surface area contributed by atoms with Crippen LogP contribution in [0.2, 0.25) is 0 Å². The maximum absolute atomic E-state index is 14.3. The van der Waals surface area contributed by atoms with Crippen molar-refractivity contribution in [3.05, 3.63) is 59.2 Å². The Hall–Kier alpha value is -2.62. The fourth-order valence-corrected chi connectivity index (χ4v) is 6.01. The molecule has 0 spiro atoms. The van der Waals surface area contributed by atoms with Crippen LogP contribution >= 0.6 is 12.4 Å². The molecule has 42 heavy (non-hydrogen) atoms. The molecule has 10 heteroatoms. The van der Waals surface area contributed by atoms with Gasteiger partial charge >= 0.3 is 6.09 Å². The van der Waals surface area contributed by atoms with Crippen LogP contribution in [-0.4, -0.2) is 38.4 Å². The predicted molar refractivity (Wildman–Crippen MR) is 165 cm³/mol. The number of benzene rings is 2. The maximum atomic E-state index is 14.3. The van der Waals surface area contributed by atoms with E-state index >= 15 is 0 Å². The van der Waals surface area contributed by atoms with Gasteiger partial charge in [-0.3, -0.25) is 4.90 Å². The second-order valence-electron chi connectivity index (χ2n) is 13.8. The highest BCUT2D eigenvalue weighted by Crippen LogP contribution is 2.46. The van der Waals surface area contributed by atoms with Crippen molar-refractivity contribution in [1.82, 2.24) is 4.90 Å². The van der Waals surface area contributed by atoms with E-state index in [9.17, 15) is 23.8 Å². The number of ether oxygens (including phenoxy) is 1. The highest BCUT2D eigenvalue weighted by Gasteiger charge is 2.47. The van der Waals surface area contributed by atoms with Crippen LogP contribution in [0.25, 0.3) is 0 Å². The van der Waals surface area contributed by atoms with Gasteiger partial charge in [0.1, 0.15) is 11.7 Å². The molecule has 236 valence electrons. The molecule has 0 radical (unpaired) electrons. The van der Waals surface area contributed by atoms with Crippen LogP contribution in [0, 0.1) is 23.0 Å². The van der Waals surface area contributed by atoms with Gasteiger partial charge in [0.05, 0.1) is 23.5 Å². The van der Waals surface area contributed by atoms with Crippen molar-refractivity contribution in [3.63, 3.8) is 0 Å². The molecule has 7 nitrogen and oxygen atoms in total. The molecule has 0 unspecified atom stereocenters. The molecule has 1 heterocycles. The minimum atomic E-state index is -1.16. The summed E-state index contributed by atoms with van der Waals surface area (Å²) in [4.78, 5) is 14.2. The number of carbonyl (C=O) groups is 1. The summed E-state index contributed by atoms with van der Waals surface area (Å²) in [7, 11) is 0. The zero-order valence-corrected chi connectivity index (χ0v) is 26.6. The lowest BCUT2D eigenvalue weighted by Gasteiger charge is -2.38. The van der Waals surface area contributed by atoms with E-state index in [-0.39, 0.29) is 40.7 Å². The summed E-state index contributed by atoms with van der Waals surface area (Å²) in [6, 6.07) is 8.80. The molecule has 1 amide bonds. The summed E-state index contributed by atoms with van der Waals surface area (Å²) < 4.78 is 33.6. The lowest BCUT2D eigenvalue weighted by Crippen LogP contribution is -2.50. The number of carbonyl (C=O) groups excluding carboxylic acids is 1. The van der Waals surface area contributed by atoms with Gasteiger partial charge in [-0.15, -0.1) is 12.4 Å². The van der Waals surface area contributed by atoms with Crippen molar-refractivity contribution < 1.29 is 28.5 Å². The molecule has 1 saturated heterocycles. The monoisotopic (exact) mass is 611 g/mol. The lowest BCUT2D eigenvalue weighted by atomic mass is 9.87. The molecule has 2 aromatic rings. The molecule has 1 aliphatic carbocycles. The molecule has 0 aromatic heterocycles. The standard InChI is InChI=1S/C18H27FN2O3.C14H20FNO.ClH/c1-17(2,3)24-16(23)21-13(9-10-18(21,4)5)15(22)11-7-6-8-12(20)14(11)19;1-14(2)7-6-9(8-14)13(17)10-4-3-5-11(16)12(10)15;/h6-8,13,15,22H,9-10,20H2,1-5H3;3-5,9,13,17H,6-8,16H2,1-2H3;1H/t13-,15-;9-,13-;/m10./s1. The van der Waals surface area contributed by atoms with E-state index in [0.29, 0.717) is 18.4 Å². The van der Waals surface area contributed by atoms with E-state index in [2.05, 4.69) is 13.8 Å². The third kappa shape index (κ3) is 8.26. The summed E-state index contributed by atoms with van der Waals surface area (Å²) in [5.74, 6) is -0.968. The van der Waals surface area contributed by atoms with Crippen LogP contribution in [0.5, 0.6) is 0 Å². The Morgan fingerprint density at radius 1 is 0.929 bits per heavy atom. The number of anilines is 2. The maximum Gasteiger partial charge on any atom is 0.411 e. The third-order valence-electron chi connectivity index (χ3n) is 8.20. The number of nitrogens with two attached hydrogens (primary N) is 2. The number of aliphatic hydroxyl groups excluding tert-OH is 2. The number of halogens is 3. The summed E-state index contributed by atoms with van der Waals surface area (Å²) in [5.41, 5.74) is 10.8. The van der Waals surface area contributed by atoms with Crippen molar-refractivity contribution in [1.29, 1.82) is 0 Å². The normalized spacial score (nSPS) is 22.4. The number of rotatable bonds is 4. The molecular formula is C32H48ClF2N3O4. The average molecular weight is 612 g/mol. The second-order valence-corrected chi connectivity index (χ2v) is 13.8. The molecule has 2 fully saturated rings. The van der Waals surface area contributed by atoms with Crippen LogP contribution in [0.4, 0.5) is 25.0 Å². The first kappa shape index (κ1) is 35.6. The van der Waals surface area contributed by atoms with Gasteiger partial charge in [0.15, 0.2) is 11.6 Å². The molecule has 1 saturated carbocycles. The van der Waals surface area contributed by atoms with Crippen LogP contribution in [-0.2, 0) is 4.74 Å². The van der Waals surface area contributed by atoms with Crippen molar-refractivity contribution in [2.75, 3.05) is 11.5 Å². The SMILES string of the molecule is CC(C)(C)OC(=O)N1[C@@H]([C@H](O)c2cccc(N)c2F)CCC1(C)C.CC1(C)CC[C@H]([C@H](O)c2cccc(N)c2F)C1.Cl. The Labute approximate surface area is 255 Å². The minimum Gasteiger partial charge on any atom is -0.444 e. The number of hydrogen-bond donors (Lipinski definition) is 4. The molecule has 1 aliphatic heterocycles. The number of aliphatic hydroxyl groups is 2. The quantitative estimate of drug-likeness (QED) is 0.269. The number of hydrogen-bond acceptors (Lipinski definition) is 6. The highest BCUT2D eigenvalue weighted by molar-refractivity contribution is 5.85. The topological polar surface area (TPSA) is 122 Å². The zero-order chi connectivity index (χ0) is 30.9. The van der Waals surface area contributed by atoms with Gasteiger partial charge in [-0.25, -0.2) is 13.6 Å². The summed E-state index contributed by atoms with van der Waals surface area (Å²) in [5, 5.41) is 21.0. The van der Waals surface area contributed by atoms with Crippen LogP contribution in [0.15, 0.2) is 36.4 Å². The fraction of sp³-hybridized carbons (Fsp3) is 0.594. The molecule has 2 aromatic carbocycles. The Kier molecular flexibility index (Phi) is 11.3. The van der Waals surface area contributed by atoms with Gasteiger partial charge in [-0.2, -0.15) is 0 Å². The first-order valence-electron chi connectivity index (χ1n) is 14.3. The number of likely N-dealkylation sites (tertiary alicyclic amines) is 1. The van der Waals surface area contributed by atoms with E-state index < -0.39 is 47.1 Å². The van der Waals surface area contributed by atoms with Crippen molar-refractivity contribution >= 4 is 29.9 Å². The minimum absolute atomic E-state index is 0. The lowest BCUT2D eigenvalue weighted by molar-refractivity contribution is -0.0172. The van der Waals surface area contributed by atoms with E-state index in [0.717, 1.165) is 19.3 Å². The Morgan fingerprint density at radius 2 is 1.43 bits per heavy atom.